The fraction of sp³-hybridized carbons (Fsp3) is 0. The van der Waals surface area contributed by atoms with Crippen LogP contribution in [0.25, 0.3) is 16.9 Å². The minimum atomic E-state index is -0.464. The lowest BCUT2D eigenvalue weighted by atomic mass is 10.1. The van der Waals surface area contributed by atoms with E-state index in [4.69, 9.17) is 28.9 Å². The maximum atomic E-state index is 13.9. The summed E-state index contributed by atoms with van der Waals surface area (Å²) in [5.74, 6) is -0.132. The van der Waals surface area contributed by atoms with E-state index < -0.39 is 5.82 Å². The highest BCUT2D eigenvalue weighted by molar-refractivity contribution is 6.30. The van der Waals surface area contributed by atoms with E-state index in [9.17, 15) is 4.39 Å². The van der Waals surface area contributed by atoms with Crippen LogP contribution in [0.15, 0.2) is 36.5 Å². The Labute approximate surface area is 118 Å². The molecule has 0 atom stereocenters. The Bertz CT molecular complexity index is 783. The minimum Gasteiger partial charge on any atom is -0.383 e. The zero-order valence-electron chi connectivity index (χ0n) is 9.57. The summed E-state index contributed by atoms with van der Waals surface area (Å²) >= 11 is 11.6. The number of benzene rings is 1. The molecule has 6 heteroatoms. The minimum absolute atomic E-state index is 0.307. The number of nitrogens with two attached hydrogens (primary N) is 1. The molecule has 0 aliphatic rings. The van der Waals surface area contributed by atoms with Crippen molar-refractivity contribution in [3.05, 3.63) is 52.4 Å². The van der Waals surface area contributed by atoms with Gasteiger partial charge in [-0.05, 0) is 30.3 Å². The number of nitrogens with zero attached hydrogens (tertiary/aromatic N) is 2. The molecule has 0 radical (unpaired) electrons. The van der Waals surface area contributed by atoms with Gasteiger partial charge in [-0.1, -0.05) is 23.2 Å². The normalized spacial score (nSPS) is 11.1. The van der Waals surface area contributed by atoms with Gasteiger partial charge in [0.05, 0.1) is 5.02 Å². The molecule has 0 bridgehead atoms. The number of aromatic nitrogens is 2. The van der Waals surface area contributed by atoms with Gasteiger partial charge < -0.3 is 5.73 Å². The van der Waals surface area contributed by atoms with Crippen LogP contribution in [-0.2, 0) is 0 Å². The smallest absolute Gasteiger partial charge is 0.139 e. The van der Waals surface area contributed by atoms with Crippen LogP contribution in [0, 0.1) is 5.82 Å². The fourth-order valence-electron chi connectivity index (χ4n) is 1.92. The summed E-state index contributed by atoms with van der Waals surface area (Å²) in [4.78, 5) is 4.31. The molecular formula is C13H8Cl2FN3. The highest BCUT2D eigenvalue weighted by Gasteiger charge is 2.15. The molecule has 0 aliphatic heterocycles. The van der Waals surface area contributed by atoms with E-state index in [0.29, 0.717) is 32.8 Å². The van der Waals surface area contributed by atoms with Gasteiger partial charge in [0.25, 0.3) is 0 Å². The summed E-state index contributed by atoms with van der Waals surface area (Å²) in [5, 5.41) is 0.853. The summed E-state index contributed by atoms with van der Waals surface area (Å²) in [6, 6.07) is 7.79. The Morgan fingerprint density at radius 1 is 1.11 bits per heavy atom. The van der Waals surface area contributed by atoms with Gasteiger partial charge in [0.15, 0.2) is 0 Å². The molecule has 3 nitrogen and oxygen atoms in total. The maximum absolute atomic E-state index is 13.9. The molecule has 96 valence electrons. The van der Waals surface area contributed by atoms with Crippen molar-refractivity contribution >= 4 is 34.7 Å². The number of imidazole rings is 1. The number of fused-ring (bicyclic) bond motifs is 1. The molecule has 0 amide bonds. The first-order valence-corrected chi connectivity index (χ1v) is 6.20. The number of pyridine rings is 1. The fourth-order valence-corrected chi connectivity index (χ4v) is 2.24. The molecule has 2 heterocycles. The third-order valence-electron chi connectivity index (χ3n) is 2.81. The van der Waals surface area contributed by atoms with Gasteiger partial charge in [-0.25, -0.2) is 9.37 Å². The quantitative estimate of drug-likeness (QED) is 0.736. The highest BCUT2D eigenvalue weighted by atomic mass is 35.5. The summed E-state index contributed by atoms with van der Waals surface area (Å²) in [5.41, 5.74) is 7.27. The van der Waals surface area contributed by atoms with Crippen molar-refractivity contribution in [2.75, 3.05) is 5.73 Å². The molecule has 3 aromatic rings. The van der Waals surface area contributed by atoms with E-state index in [1.165, 1.54) is 6.07 Å². The van der Waals surface area contributed by atoms with E-state index in [0.717, 1.165) is 0 Å². The molecule has 1 aromatic carbocycles. The van der Waals surface area contributed by atoms with Crippen molar-refractivity contribution in [1.82, 2.24) is 9.38 Å². The molecular weight excluding hydrogens is 288 g/mol. The third kappa shape index (κ3) is 2.03. The van der Waals surface area contributed by atoms with E-state index in [-0.39, 0.29) is 0 Å². The summed E-state index contributed by atoms with van der Waals surface area (Å²) in [6.45, 7) is 0. The molecule has 0 saturated carbocycles. The first kappa shape index (κ1) is 12.3. The monoisotopic (exact) mass is 295 g/mol. The van der Waals surface area contributed by atoms with Crippen molar-refractivity contribution in [1.29, 1.82) is 0 Å². The van der Waals surface area contributed by atoms with Crippen LogP contribution >= 0.6 is 23.2 Å². The van der Waals surface area contributed by atoms with Crippen molar-refractivity contribution < 1.29 is 4.39 Å². The number of nitrogen functional groups attached to an aromatic ring is 1. The molecule has 0 unspecified atom stereocenters. The number of hydrogen-bond donors (Lipinski definition) is 1. The second-order valence-electron chi connectivity index (χ2n) is 4.05. The Morgan fingerprint density at radius 3 is 2.58 bits per heavy atom. The van der Waals surface area contributed by atoms with Gasteiger partial charge in [0.1, 0.15) is 23.0 Å². The number of anilines is 1. The predicted molar refractivity (Wildman–Crippen MR) is 75.0 cm³/mol. The van der Waals surface area contributed by atoms with Crippen LogP contribution in [0.1, 0.15) is 0 Å². The van der Waals surface area contributed by atoms with Gasteiger partial charge in [-0.3, -0.25) is 4.40 Å². The maximum Gasteiger partial charge on any atom is 0.139 e. The Balaban J connectivity index is 2.28. The first-order valence-electron chi connectivity index (χ1n) is 5.45. The van der Waals surface area contributed by atoms with Crippen LogP contribution in [0.5, 0.6) is 0 Å². The topological polar surface area (TPSA) is 43.3 Å². The van der Waals surface area contributed by atoms with Crippen LogP contribution < -0.4 is 5.73 Å². The summed E-state index contributed by atoms with van der Waals surface area (Å²) in [7, 11) is 0. The van der Waals surface area contributed by atoms with Crippen LogP contribution in [-0.4, -0.2) is 9.38 Å². The van der Waals surface area contributed by atoms with Crippen LogP contribution in [0.3, 0.4) is 0 Å². The van der Waals surface area contributed by atoms with Crippen molar-refractivity contribution in [2.24, 2.45) is 0 Å². The molecule has 19 heavy (non-hydrogen) atoms. The van der Waals surface area contributed by atoms with Crippen LogP contribution in [0.2, 0.25) is 10.0 Å². The lowest BCUT2D eigenvalue weighted by molar-refractivity contribution is 0.631. The second kappa shape index (κ2) is 4.40. The molecule has 2 N–H and O–H groups in total. The van der Waals surface area contributed by atoms with Gasteiger partial charge in [0.2, 0.25) is 0 Å². The predicted octanol–water partition coefficient (Wildman–Crippen LogP) is 4.03. The highest BCUT2D eigenvalue weighted by Crippen LogP contribution is 2.30. The third-order valence-corrected chi connectivity index (χ3v) is 3.26. The van der Waals surface area contributed by atoms with E-state index >= 15 is 0 Å². The van der Waals surface area contributed by atoms with Gasteiger partial charge in [-0.15, -0.1) is 0 Å². The number of hydrogen-bond acceptors (Lipinski definition) is 2. The van der Waals surface area contributed by atoms with Crippen LogP contribution in [0.4, 0.5) is 10.2 Å². The molecule has 0 saturated heterocycles. The van der Waals surface area contributed by atoms with Crippen molar-refractivity contribution in [3.63, 3.8) is 0 Å². The second-order valence-corrected chi connectivity index (χ2v) is 4.92. The number of rotatable bonds is 1. The van der Waals surface area contributed by atoms with E-state index in [1.54, 1.807) is 34.9 Å². The lowest BCUT2D eigenvalue weighted by Crippen LogP contribution is -1.95. The zero-order chi connectivity index (χ0) is 13.6. The molecule has 0 spiro atoms. The molecule has 3 rings (SSSR count). The Morgan fingerprint density at radius 2 is 1.84 bits per heavy atom. The molecule has 0 aliphatic carbocycles. The van der Waals surface area contributed by atoms with Gasteiger partial charge >= 0.3 is 0 Å². The summed E-state index contributed by atoms with van der Waals surface area (Å²) < 4.78 is 15.5. The van der Waals surface area contributed by atoms with E-state index in [2.05, 4.69) is 4.98 Å². The summed E-state index contributed by atoms with van der Waals surface area (Å²) in [6.07, 6.45) is 1.64. The first-order chi connectivity index (χ1) is 9.06. The van der Waals surface area contributed by atoms with Gasteiger partial charge in [0, 0.05) is 16.8 Å². The Kier molecular flexibility index (Phi) is 2.84. The van der Waals surface area contributed by atoms with Crippen molar-refractivity contribution in [2.45, 2.75) is 0 Å². The molecule has 2 aromatic heterocycles. The number of halogens is 3. The lowest BCUT2D eigenvalue weighted by Gasteiger charge is -2.02. The van der Waals surface area contributed by atoms with Gasteiger partial charge in [-0.2, -0.15) is 0 Å². The average molecular weight is 296 g/mol. The standard InChI is InChI=1S/C13H8Cl2FN3/c14-7-1-3-9(10(16)5-7)12-13(17)19-6-8(15)2-4-11(19)18-12/h1-6H,17H2. The molecule has 0 fully saturated rings. The zero-order valence-corrected chi connectivity index (χ0v) is 11.1. The largest absolute Gasteiger partial charge is 0.383 e. The van der Waals surface area contributed by atoms with Crippen molar-refractivity contribution in [3.8, 4) is 11.3 Å². The average Bonchev–Trinajstić information content (AvgIpc) is 2.67. The Hall–Kier alpha value is -1.78. The SMILES string of the molecule is Nc1c(-c2ccc(Cl)cc2F)nc2ccc(Cl)cn12. The van der Waals surface area contributed by atoms with E-state index in [1.807, 2.05) is 0 Å².